The predicted octanol–water partition coefficient (Wildman–Crippen LogP) is 3.02. The van der Waals surface area contributed by atoms with E-state index >= 15 is 0 Å². The topological polar surface area (TPSA) is 73.2 Å². The van der Waals surface area contributed by atoms with E-state index in [2.05, 4.69) is 10.4 Å². The fraction of sp³-hybridized carbons (Fsp3) is 0.105. The molecule has 1 amide bonds. The van der Waals surface area contributed by atoms with Gasteiger partial charge in [0.05, 0.1) is 12.3 Å². The number of hydrogen-bond donors (Lipinski definition) is 1. The number of halogens is 1. The molecule has 0 saturated heterocycles. The van der Waals surface area contributed by atoms with Gasteiger partial charge in [0, 0.05) is 18.0 Å². The van der Waals surface area contributed by atoms with Gasteiger partial charge in [-0.3, -0.25) is 9.59 Å². The predicted molar refractivity (Wildman–Crippen MR) is 95.4 cm³/mol. The molecular formula is C19H16FN3O3. The van der Waals surface area contributed by atoms with Gasteiger partial charge in [-0.2, -0.15) is 5.10 Å². The Kier molecular flexibility index (Phi) is 5.07. The Morgan fingerprint density at radius 1 is 1.12 bits per heavy atom. The summed E-state index contributed by atoms with van der Waals surface area (Å²) < 4.78 is 19.8. The van der Waals surface area contributed by atoms with Crippen LogP contribution in [-0.4, -0.2) is 22.3 Å². The standard InChI is InChI=1S/C19H16FN3O3/c1-2-26-16-9-7-15(8-10-16)23-12-11-17(24)18(22-23)19(25)21-14-5-3-13(20)4-6-14/h3-12H,2H2,1H3,(H,21,25). The minimum atomic E-state index is -0.665. The Labute approximate surface area is 148 Å². The van der Waals surface area contributed by atoms with Crippen molar-refractivity contribution >= 4 is 11.6 Å². The van der Waals surface area contributed by atoms with Crippen molar-refractivity contribution in [3.05, 3.63) is 82.5 Å². The molecule has 0 aliphatic heterocycles. The van der Waals surface area contributed by atoms with Crippen LogP contribution < -0.4 is 15.5 Å². The summed E-state index contributed by atoms with van der Waals surface area (Å²) in [5.41, 5.74) is 0.274. The van der Waals surface area contributed by atoms with Crippen LogP contribution in [0.5, 0.6) is 5.75 Å². The van der Waals surface area contributed by atoms with Gasteiger partial charge in [0.2, 0.25) is 5.43 Å². The van der Waals surface area contributed by atoms with E-state index in [4.69, 9.17) is 4.74 Å². The molecule has 0 aliphatic rings. The number of hydrogen-bond acceptors (Lipinski definition) is 4. The zero-order valence-electron chi connectivity index (χ0n) is 14.0. The first kappa shape index (κ1) is 17.3. The van der Waals surface area contributed by atoms with Gasteiger partial charge in [-0.25, -0.2) is 9.07 Å². The number of aromatic nitrogens is 2. The second kappa shape index (κ2) is 7.60. The van der Waals surface area contributed by atoms with Gasteiger partial charge in [-0.05, 0) is 55.5 Å². The summed E-state index contributed by atoms with van der Waals surface area (Å²) in [6.07, 6.45) is 1.48. The lowest BCUT2D eigenvalue weighted by atomic mass is 10.3. The molecule has 0 fully saturated rings. The molecule has 7 heteroatoms. The number of nitrogens with zero attached hydrogens (tertiary/aromatic N) is 2. The molecule has 0 radical (unpaired) electrons. The SMILES string of the molecule is CCOc1ccc(-n2ccc(=O)c(C(=O)Nc3ccc(F)cc3)n2)cc1. The highest BCUT2D eigenvalue weighted by molar-refractivity contribution is 6.02. The number of amides is 1. The van der Waals surface area contributed by atoms with E-state index in [1.54, 1.807) is 24.3 Å². The molecular weight excluding hydrogens is 337 g/mol. The van der Waals surface area contributed by atoms with Crippen LogP contribution in [0.2, 0.25) is 0 Å². The summed E-state index contributed by atoms with van der Waals surface area (Å²) in [5, 5.41) is 6.64. The number of benzene rings is 2. The number of anilines is 1. The molecule has 0 aliphatic carbocycles. The molecule has 3 aromatic rings. The van der Waals surface area contributed by atoms with Crippen LogP contribution in [0.3, 0.4) is 0 Å². The van der Waals surface area contributed by atoms with Crippen molar-refractivity contribution in [1.29, 1.82) is 0 Å². The van der Waals surface area contributed by atoms with Gasteiger partial charge in [-0.15, -0.1) is 0 Å². The number of nitrogens with one attached hydrogen (secondary N) is 1. The van der Waals surface area contributed by atoms with Crippen LogP contribution in [0.15, 0.2) is 65.6 Å². The molecule has 2 aromatic carbocycles. The van der Waals surface area contributed by atoms with Gasteiger partial charge in [-0.1, -0.05) is 0 Å². The third-order valence-corrected chi connectivity index (χ3v) is 3.54. The highest BCUT2D eigenvalue weighted by atomic mass is 19.1. The summed E-state index contributed by atoms with van der Waals surface area (Å²) >= 11 is 0. The van der Waals surface area contributed by atoms with E-state index in [1.165, 1.54) is 41.2 Å². The second-order valence-corrected chi connectivity index (χ2v) is 5.36. The van der Waals surface area contributed by atoms with Crippen LogP contribution >= 0.6 is 0 Å². The molecule has 0 saturated carbocycles. The minimum Gasteiger partial charge on any atom is -0.494 e. The average Bonchev–Trinajstić information content (AvgIpc) is 2.65. The van der Waals surface area contributed by atoms with Gasteiger partial charge >= 0.3 is 0 Å². The minimum absolute atomic E-state index is 0.259. The maximum atomic E-state index is 12.9. The Balaban J connectivity index is 1.86. The quantitative estimate of drug-likeness (QED) is 0.765. The average molecular weight is 353 g/mol. The van der Waals surface area contributed by atoms with Crippen LogP contribution in [0.25, 0.3) is 5.69 Å². The molecule has 132 valence electrons. The van der Waals surface area contributed by atoms with Gasteiger partial charge < -0.3 is 10.1 Å². The van der Waals surface area contributed by atoms with E-state index in [1.807, 2.05) is 6.92 Å². The van der Waals surface area contributed by atoms with Crippen molar-refractivity contribution in [1.82, 2.24) is 9.78 Å². The van der Waals surface area contributed by atoms with Crippen LogP contribution in [0.1, 0.15) is 17.4 Å². The van der Waals surface area contributed by atoms with E-state index < -0.39 is 17.2 Å². The normalized spacial score (nSPS) is 10.4. The molecule has 1 heterocycles. The lowest BCUT2D eigenvalue weighted by Gasteiger charge is -2.09. The van der Waals surface area contributed by atoms with Crippen LogP contribution in [0.4, 0.5) is 10.1 Å². The van der Waals surface area contributed by atoms with Crippen LogP contribution in [0, 0.1) is 5.82 Å². The molecule has 0 unspecified atom stereocenters. The maximum absolute atomic E-state index is 12.9. The first-order valence-corrected chi connectivity index (χ1v) is 7.97. The van der Waals surface area contributed by atoms with Crippen molar-refractivity contribution in [2.75, 3.05) is 11.9 Å². The summed E-state index contributed by atoms with van der Waals surface area (Å²) in [6.45, 7) is 2.45. The maximum Gasteiger partial charge on any atom is 0.280 e. The zero-order chi connectivity index (χ0) is 18.5. The zero-order valence-corrected chi connectivity index (χ0v) is 14.0. The number of carbonyl (C=O) groups is 1. The highest BCUT2D eigenvalue weighted by Gasteiger charge is 2.14. The summed E-state index contributed by atoms with van der Waals surface area (Å²) in [5.74, 6) is -0.368. The fourth-order valence-electron chi connectivity index (χ4n) is 2.29. The third-order valence-electron chi connectivity index (χ3n) is 3.54. The first-order valence-electron chi connectivity index (χ1n) is 7.97. The number of carbonyl (C=O) groups excluding carboxylic acids is 1. The molecule has 6 nitrogen and oxygen atoms in total. The number of ether oxygens (including phenoxy) is 1. The lowest BCUT2D eigenvalue weighted by molar-refractivity contribution is 0.101. The second-order valence-electron chi connectivity index (χ2n) is 5.36. The van der Waals surface area contributed by atoms with Crippen molar-refractivity contribution in [3.8, 4) is 11.4 Å². The molecule has 0 bridgehead atoms. The largest absolute Gasteiger partial charge is 0.494 e. The van der Waals surface area contributed by atoms with Crippen molar-refractivity contribution in [3.63, 3.8) is 0 Å². The summed E-state index contributed by atoms with van der Waals surface area (Å²) in [7, 11) is 0. The van der Waals surface area contributed by atoms with E-state index in [9.17, 15) is 14.0 Å². The van der Waals surface area contributed by atoms with E-state index in [-0.39, 0.29) is 5.69 Å². The van der Waals surface area contributed by atoms with Gasteiger partial charge in [0.1, 0.15) is 11.6 Å². The summed E-state index contributed by atoms with van der Waals surface area (Å²) in [6, 6.07) is 13.6. The Morgan fingerprint density at radius 3 is 2.46 bits per heavy atom. The van der Waals surface area contributed by atoms with Crippen molar-refractivity contribution in [2.45, 2.75) is 6.92 Å². The molecule has 1 N–H and O–H groups in total. The molecule has 0 atom stereocenters. The van der Waals surface area contributed by atoms with E-state index in [0.29, 0.717) is 23.7 Å². The fourth-order valence-corrected chi connectivity index (χ4v) is 2.29. The van der Waals surface area contributed by atoms with Crippen molar-refractivity contribution in [2.24, 2.45) is 0 Å². The number of rotatable bonds is 5. The summed E-state index contributed by atoms with van der Waals surface area (Å²) in [4.78, 5) is 24.4. The first-order chi connectivity index (χ1) is 12.6. The molecule has 3 rings (SSSR count). The smallest absolute Gasteiger partial charge is 0.280 e. The van der Waals surface area contributed by atoms with Gasteiger partial charge in [0.25, 0.3) is 5.91 Å². The molecule has 26 heavy (non-hydrogen) atoms. The van der Waals surface area contributed by atoms with Gasteiger partial charge in [0.15, 0.2) is 5.69 Å². The molecule has 1 aromatic heterocycles. The lowest BCUT2D eigenvalue weighted by Crippen LogP contribution is -2.25. The Hall–Kier alpha value is -3.48. The Bertz CT molecular complexity index is 967. The Morgan fingerprint density at radius 2 is 1.81 bits per heavy atom. The highest BCUT2D eigenvalue weighted by Crippen LogP contribution is 2.14. The third kappa shape index (κ3) is 3.94. The van der Waals surface area contributed by atoms with Crippen molar-refractivity contribution < 1.29 is 13.9 Å². The monoisotopic (exact) mass is 353 g/mol. The molecule has 0 spiro atoms. The van der Waals surface area contributed by atoms with E-state index in [0.717, 1.165) is 0 Å². The van der Waals surface area contributed by atoms with Crippen LogP contribution in [-0.2, 0) is 0 Å².